The Hall–Kier alpha value is -4.19. The van der Waals surface area contributed by atoms with Crippen molar-refractivity contribution in [3.05, 3.63) is 83.4 Å². The van der Waals surface area contributed by atoms with Gasteiger partial charge in [-0.05, 0) is 36.2 Å². The topological polar surface area (TPSA) is 84.5 Å². The van der Waals surface area contributed by atoms with Crippen LogP contribution in [0.1, 0.15) is 29.2 Å². The Kier molecular flexibility index (Phi) is 5.38. The molecule has 1 amide bonds. The molecule has 4 rings (SSSR count). The van der Waals surface area contributed by atoms with Gasteiger partial charge in [-0.2, -0.15) is 13.2 Å². The fourth-order valence-corrected chi connectivity index (χ4v) is 3.71. The van der Waals surface area contributed by atoms with E-state index >= 15 is 0 Å². The highest BCUT2D eigenvalue weighted by atomic mass is 19.4. The third-order valence-corrected chi connectivity index (χ3v) is 5.34. The van der Waals surface area contributed by atoms with Gasteiger partial charge in [0.1, 0.15) is 0 Å². The molecule has 0 radical (unpaired) electrons. The number of carbonyl (C=O) groups excluding carboxylic acids is 1. The largest absolute Gasteiger partial charge is 0.417 e. The number of alkyl halides is 3. The van der Waals surface area contributed by atoms with E-state index in [1.54, 1.807) is 43.6 Å². The van der Waals surface area contributed by atoms with Gasteiger partial charge in [-0.3, -0.25) is 19.7 Å². The normalized spacial score (nSPS) is 18.0. The van der Waals surface area contributed by atoms with Crippen LogP contribution in [0.15, 0.2) is 66.2 Å². The molecule has 2 N–H and O–H groups in total. The fourth-order valence-electron chi connectivity index (χ4n) is 3.71. The van der Waals surface area contributed by atoms with Crippen LogP contribution in [0.4, 0.5) is 13.2 Å². The van der Waals surface area contributed by atoms with Crippen LogP contribution in [-0.2, 0) is 16.5 Å². The number of benzene rings is 1. The lowest BCUT2D eigenvalue weighted by Gasteiger charge is -2.26. The first-order chi connectivity index (χ1) is 15.7. The van der Waals surface area contributed by atoms with E-state index in [4.69, 9.17) is 5.73 Å². The smallest absolute Gasteiger partial charge is 0.369 e. The average molecular weight is 449 g/mol. The molecule has 3 heterocycles. The van der Waals surface area contributed by atoms with Gasteiger partial charge in [-0.25, -0.2) is 4.99 Å². The summed E-state index contributed by atoms with van der Waals surface area (Å²) < 4.78 is 40.2. The molecular weight excluding hydrogens is 431 g/mol. The van der Waals surface area contributed by atoms with Crippen LogP contribution in [-0.4, -0.2) is 33.8 Å². The van der Waals surface area contributed by atoms with Gasteiger partial charge in [-0.1, -0.05) is 24.1 Å². The van der Waals surface area contributed by atoms with Crippen molar-refractivity contribution in [1.82, 2.24) is 14.9 Å². The zero-order valence-electron chi connectivity index (χ0n) is 17.7. The second kappa shape index (κ2) is 8.06. The molecule has 2 aromatic heterocycles. The second-order valence-electron chi connectivity index (χ2n) is 7.42. The zero-order chi connectivity index (χ0) is 23.8. The first-order valence-corrected chi connectivity index (χ1v) is 9.81. The standard InChI is InChI=1S/C24H18F3N5O/c1-3-5-15-8-17(12-29-11-15)16-6-4-7-18(9-16)23(21(33)32(2)22(28)31-23)19-10-20(14-30-13-19)24(25,26)27/h4,6-14H,1-2H3,(H2,28,31). The lowest BCUT2D eigenvalue weighted by Crippen LogP contribution is -2.41. The number of carbonyl (C=O) groups is 1. The Labute approximate surface area is 188 Å². The van der Waals surface area contributed by atoms with Gasteiger partial charge < -0.3 is 5.73 Å². The molecule has 0 saturated heterocycles. The predicted molar refractivity (Wildman–Crippen MR) is 117 cm³/mol. The minimum atomic E-state index is -4.64. The Bertz CT molecular complexity index is 1340. The molecule has 3 aromatic rings. The van der Waals surface area contributed by atoms with E-state index in [9.17, 15) is 18.0 Å². The van der Waals surface area contributed by atoms with Gasteiger partial charge in [0, 0.05) is 48.5 Å². The molecule has 33 heavy (non-hydrogen) atoms. The number of likely N-dealkylation sites (N-methyl/N-ethyl adjacent to an activating group) is 1. The molecule has 1 aromatic carbocycles. The van der Waals surface area contributed by atoms with Crippen LogP contribution in [0.2, 0.25) is 0 Å². The maximum Gasteiger partial charge on any atom is 0.417 e. The molecule has 0 bridgehead atoms. The number of guanidine groups is 1. The van der Waals surface area contributed by atoms with Crippen LogP contribution in [0.3, 0.4) is 0 Å². The first-order valence-electron chi connectivity index (χ1n) is 9.81. The molecule has 9 heteroatoms. The van der Waals surface area contributed by atoms with E-state index < -0.39 is 23.2 Å². The summed E-state index contributed by atoms with van der Waals surface area (Å²) >= 11 is 0. The first kappa shape index (κ1) is 22.0. The fraction of sp³-hybridized carbons (Fsp3) is 0.167. The van der Waals surface area contributed by atoms with E-state index in [-0.39, 0.29) is 11.5 Å². The molecule has 1 aliphatic rings. The number of halogens is 3. The molecular formula is C24H18F3N5O. The lowest BCUT2D eigenvalue weighted by atomic mass is 9.82. The van der Waals surface area contributed by atoms with Crippen LogP contribution in [0.25, 0.3) is 11.1 Å². The summed E-state index contributed by atoms with van der Waals surface area (Å²) in [6.45, 7) is 1.71. The van der Waals surface area contributed by atoms with E-state index in [0.717, 1.165) is 16.5 Å². The molecule has 1 atom stereocenters. The van der Waals surface area contributed by atoms with Gasteiger partial charge in [0.2, 0.25) is 0 Å². The number of nitrogens with two attached hydrogens (primary N) is 1. The highest BCUT2D eigenvalue weighted by Crippen LogP contribution is 2.42. The highest BCUT2D eigenvalue weighted by Gasteiger charge is 2.50. The number of rotatable bonds is 3. The third-order valence-electron chi connectivity index (χ3n) is 5.34. The number of pyridine rings is 2. The van der Waals surface area contributed by atoms with Crippen molar-refractivity contribution in [2.75, 3.05) is 7.05 Å². The van der Waals surface area contributed by atoms with Gasteiger partial charge in [0.25, 0.3) is 5.91 Å². The van der Waals surface area contributed by atoms with Crippen LogP contribution in [0.5, 0.6) is 0 Å². The summed E-state index contributed by atoms with van der Waals surface area (Å²) in [6, 6.07) is 9.53. The molecule has 0 aliphatic carbocycles. The number of amides is 1. The van der Waals surface area contributed by atoms with E-state index in [1.807, 2.05) is 6.07 Å². The van der Waals surface area contributed by atoms with E-state index in [2.05, 4.69) is 26.8 Å². The quantitative estimate of drug-likeness (QED) is 0.620. The summed E-state index contributed by atoms with van der Waals surface area (Å²) in [4.78, 5) is 26.8. The molecule has 0 fully saturated rings. The van der Waals surface area contributed by atoms with Gasteiger partial charge >= 0.3 is 6.18 Å². The van der Waals surface area contributed by atoms with E-state index in [0.29, 0.717) is 22.9 Å². The van der Waals surface area contributed by atoms with Gasteiger partial charge in [0.15, 0.2) is 11.5 Å². The Morgan fingerprint density at radius 2 is 1.76 bits per heavy atom. The molecule has 0 saturated carbocycles. The number of aliphatic imine (C=N–C) groups is 1. The van der Waals surface area contributed by atoms with E-state index in [1.165, 1.54) is 13.2 Å². The Morgan fingerprint density at radius 3 is 2.42 bits per heavy atom. The molecule has 166 valence electrons. The van der Waals surface area contributed by atoms with Crippen LogP contribution >= 0.6 is 0 Å². The summed E-state index contributed by atoms with van der Waals surface area (Å²) in [6.07, 6.45) is 0.532. The van der Waals surface area contributed by atoms with Crippen LogP contribution in [0, 0.1) is 11.8 Å². The summed E-state index contributed by atoms with van der Waals surface area (Å²) in [5.41, 5.74) is 5.58. The summed E-state index contributed by atoms with van der Waals surface area (Å²) in [5.74, 6) is 5.05. The van der Waals surface area contributed by atoms with Crippen molar-refractivity contribution in [2.45, 2.75) is 18.6 Å². The highest BCUT2D eigenvalue weighted by molar-refractivity contribution is 6.09. The summed E-state index contributed by atoms with van der Waals surface area (Å²) in [5, 5.41) is 0. The maximum atomic E-state index is 13.4. The number of hydrogen-bond acceptors (Lipinski definition) is 5. The molecule has 0 spiro atoms. The number of nitrogens with zero attached hydrogens (tertiary/aromatic N) is 4. The minimum absolute atomic E-state index is 0.0319. The second-order valence-corrected chi connectivity index (χ2v) is 7.42. The van der Waals surface area contributed by atoms with Crippen molar-refractivity contribution in [2.24, 2.45) is 10.7 Å². The monoisotopic (exact) mass is 449 g/mol. The molecule has 1 aliphatic heterocycles. The Morgan fingerprint density at radius 1 is 1.00 bits per heavy atom. The molecule has 1 unspecified atom stereocenters. The molecule has 6 nitrogen and oxygen atoms in total. The van der Waals surface area contributed by atoms with Gasteiger partial charge in [-0.15, -0.1) is 5.92 Å². The van der Waals surface area contributed by atoms with Crippen molar-refractivity contribution in [3.63, 3.8) is 0 Å². The van der Waals surface area contributed by atoms with Crippen molar-refractivity contribution >= 4 is 11.9 Å². The lowest BCUT2D eigenvalue weighted by molar-refractivity contribution is -0.138. The maximum absolute atomic E-state index is 13.4. The van der Waals surface area contributed by atoms with Crippen LogP contribution < -0.4 is 5.73 Å². The van der Waals surface area contributed by atoms with Crippen molar-refractivity contribution in [1.29, 1.82) is 0 Å². The third kappa shape index (κ3) is 3.80. The SMILES string of the molecule is CC#Cc1cncc(-c2cccc(C3(c4cncc(C(F)(F)F)c4)N=C(N)N(C)C3=O)c2)c1. The zero-order valence-corrected chi connectivity index (χ0v) is 17.7. The minimum Gasteiger partial charge on any atom is -0.369 e. The number of hydrogen-bond donors (Lipinski definition) is 1. The van der Waals surface area contributed by atoms with Crippen molar-refractivity contribution < 1.29 is 18.0 Å². The average Bonchev–Trinajstić information content (AvgIpc) is 3.04. The van der Waals surface area contributed by atoms with Crippen molar-refractivity contribution in [3.8, 4) is 23.0 Å². The number of aromatic nitrogens is 2. The summed E-state index contributed by atoms with van der Waals surface area (Å²) in [7, 11) is 1.42. The van der Waals surface area contributed by atoms with Gasteiger partial charge in [0.05, 0.1) is 5.56 Å². The Balaban J connectivity index is 1.93. The predicted octanol–water partition coefficient (Wildman–Crippen LogP) is 3.56.